The van der Waals surface area contributed by atoms with E-state index in [2.05, 4.69) is 0 Å². The van der Waals surface area contributed by atoms with Crippen LogP contribution in [-0.4, -0.2) is 23.3 Å². The lowest BCUT2D eigenvalue weighted by atomic mass is 9.79. The second kappa shape index (κ2) is 4.88. The fourth-order valence-electron chi connectivity index (χ4n) is 1.23. The van der Waals surface area contributed by atoms with Gasteiger partial charge < -0.3 is 14.8 Å². The van der Waals surface area contributed by atoms with Crippen LogP contribution in [0.15, 0.2) is 12.1 Å². The van der Waals surface area contributed by atoms with Crippen LogP contribution in [0.25, 0.3) is 0 Å². The molecule has 0 atom stereocenters. The summed E-state index contributed by atoms with van der Waals surface area (Å²) in [4.78, 5) is 0. The Labute approximate surface area is 94.8 Å². The lowest BCUT2D eigenvalue weighted by Crippen LogP contribution is -2.32. The molecule has 0 aliphatic heterocycles. The third kappa shape index (κ3) is 2.87. The molecule has 3 nitrogen and oxygen atoms in total. The van der Waals surface area contributed by atoms with Gasteiger partial charge >= 0.3 is 7.12 Å². The van der Waals surface area contributed by atoms with E-state index >= 15 is 0 Å². The molecule has 1 aromatic rings. The molecule has 15 heavy (non-hydrogen) atoms. The molecule has 0 fully saturated rings. The average Bonchev–Trinajstić information content (AvgIpc) is 2.12. The van der Waals surface area contributed by atoms with Gasteiger partial charge in [-0.05, 0) is 26.3 Å². The molecule has 0 aliphatic rings. The van der Waals surface area contributed by atoms with Crippen molar-refractivity contribution in [2.24, 2.45) is 0 Å². The van der Waals surface area contributed by atoms with Crippen LogP contribution in [-0.2, 0) is 0 Å². The van der Waals surface area contributed by atoms with Gasteiger partial charge in [-0.25, -0.2) is 0 Å². The minimum absolute atomic E-state index is 0.0678. The van der Waals surface area contributed by atoms with Gasteiger partial charge in [0.2, 0.25) is 0 Å². The summed E-state index contributed by atoms with van der Waals surface area (Å²) in [6.45, 7) is 5.54. The summed E-state index contributed by atoms with van der Waals surface area (Å²) in [6, 6.07) is 3.33. The largest absolute Gasteiger partial charge is 0.492 e. The van der Waals surface area contributed by atoms with E-state index in [-0.39, 0.29) is 6.10 Å². The summed E-state index contributed by atoms with van der Waals surface area (Å²) >= 11 is 6.04. The maximum absolute atomic E-state index is 9.15. The molecule has 0 radical (unpaired) electrons. The first-order chi connectivity index (χ1) is 6.93. The predicted octanol–water partition coefficient (Wildman–Crippen LogP) is 1.12. The summed E-state index contributed by atoms with van der Waals surface area (Å²) in [5.41, 5.74) is 1.14. The van der Waals surface area contributed by atoms with Crippen molar-refractivity contribution >= 4 is 24.2 Å². The van der Waals surface area contributed by atoms with Gasteiger partial charge in [-0.1, -0.05) is 23.7 Å². The maximum atomic E-state index is 9.15. The lowest BCUT2D eigenvalue weighted by molar-refractivity contribution is 0.243. The highest BCUT2D eigenvalue weighted by atomic mass is 35.5. The smallest absolute Gasteiger partial charge is 0.490 e. The fraction of sp³-hybridized carbons (Fsp3) is 0.400. The van der Waals surface area contributed by atoms with Gasteiger partial charge in [0.15, 0.2) is 0 Å². The first-order valence-electron chi connectivity index (χ1n) is 4.75. The molecular weight excluding hydrogens is 214 g/mol. The Hall–Kier alpha value is -0.705. The molecular formula is C10H14BClO3. The molecule has 0 saturated heterocycles. The van der Waals surface area contributed by atoms with Crippen LogP contribution < -0.4 is 10.2 Å². The van der Waals surface area contributed by atoms with Crippen LogP contribution in [0.5, 0.6) is 5.75 Å². The molecule has 0 amide bonds. The zero-order valence-corrected chi connectivity index (χ0v) is 9.75. The molecule has 0 aromatic heterocycles. The van der Waals surface area contributed by atoms with Crippen molar-refractivity contribution in [3.8, 4) is 5.75 Å². The third-order valence-electron chi connectivity index (χ3n) is 1.95. The van der Waals surface area contributed by atoms with Gasteiger partial charge in [-0.3, -0.25) is 0 Å². The van der Waals surface area contributed by atoms with Gasteiger partial charge in [0.1, 0.15) is 5.75 Å². The van der Waals surface area contributed by atoms with E-state index in [0.29, 0.717) is 16.2 Å². The Morgan fingerprint density at radius 2 is 1.93 bits per heavy atom. The van der Waals surface area contributed by atoms with Gasteiger partial charge in [-0.2, -0.15) is 0 Å². The quantitative estimate of drug-likeness (QED) is 0.762. The zero-order chi connectivity index (χ0) is 11.6. The van der Waals surface area contributed by atoms with Gasteiger partial charge in [-0.15, -0.1) is 0 Å². The molecule has 0 aliphatic carbocycles. The highest BCUT2D eigenvalue weighted by Gasteiger charge is 2.21. The van der Waals surface area contributed by atoms with Crippen LogP contribution in [0.1, 0.15) is 19.4 Å². The van der Waals surface area contributed by atoms with E-state index in [1.54, 1.807) is 12.1 Å². The van der Waals surface area contributed by atoms with Crippen molar-refractivity contribution in [1.29, 1.82) is 0 Å². The van der Waals surface area contributed by atoms with Crippen molar-refractivity contribution in [2.45, 2.75) is 26.9 Å². The molecule has 5 heteroatoms. The Kier molecular flexibility index (Phi) is 4.02. The minimum Gasteiger partial charge on any atom is -0.490 e. The van der Waals surface area contributed by atoms with Crippen molar-refractivity contribution < 1.29 is 14.8 Å². The molecule has 2 N–H and O–H groups in total. The van der Waals surface area contributed by atoms with Crippen LogP contribution in [0, 0.1) is 6.92 Å². The van der Waals surface area contributed by atoms with E-state index in [1.807, 2.05) is 20.8 Å². The fourth-order valence-corrected chi connectivity index (χ4v) is 1.44. The lowest BCUT2D eigenvalue weighted by Gasteiger charge is -2.16. The van der Waals surface area contributed by atoms with E-state index in [1.165, 1.54) is 0 Å². The second-order valence-electron chi connectivity index (χ2n) is 3.66. The monoisotopic (exact) mass is 228 g/mol. The summed E-state index contributed by atoms with van der Waals surface area (Å²) in [6.07, 6.45) is -0.0678. The molecule has 0 spiro atoms. The Morgan fingerprint density at radius 3 is 2.40 bits per heavy atom. The Balaban J connectivity index is 3.22. The maximum Gasteiger partial charge on any atom is 0.492 e. The first kappa shape index (κ1) is 12.4. The van der Waals surface area contributed by atoms with Crippen LogP contribution in [0.4, 0.5) is 0 Å². The van der Waals surface area contributed by atoms with Gasteiger partial charge in [0.05, 0.1) is 11.1 Å². The molecule has 1 rings (SSSR count). The topological polar surface area (TPSA) is 49.7 Å². The SMILES string of the molecule is Cc1ccc(B(O)O)c(OC(C)C)c1Cl. The molecule has 0 heterocycles. The Bertz CT molecular complexity index is 353. The molecule has 1 aromatic carbocycles. The summed E-state index contributed by atoms with van der Waals surface area (Å²) < 4.78 is 5.47. The van der Waals surface area contributed by atoms with Crippen molar-refractivity contribution in [3.05, 3.63) is 22.7 Å². The number of hydrogen-bond acceptors (Lipinski definition) is 3. The number of halogens is 1. The van der Waals surface area contributed by atoms with E-state index in [4.69, 9.17) is 26.4 Å². The van der Waals surface area contributed by atoms with E-state index in [9.17, 15) is 0 Å². The second-order valence-corrected chi connectivity index (χ2v) is 4.03. The van der Waals surface area contributed by atoms with Gasteiger partial charge in [0.25, 0.3) is 0 Å². The summed E-state index contributed by atoms with van der Waals surface area (Å²) in [5, 5.41) is 18.7. The van der Waals surface area contributed by atoms with Crippen molar-refractivity contribution in [1.82, 2.24) is 0 Å². The number of rotatable bonds is 3. The highest BCUT2D eigenvalue weighted by molar-refractivity contribution is 6.60. The third-order valence-corrected chi connectivity index (χ3v) is 2.42. The molecule has 82 valence electrons. The average molecular weight is 228 g/mol. The Morgan fingerprint density at radius 1 is 1.33 bits per heavy atom. The number of ether oxygens (including phenoxy) is 1. The van der Waals surface area contributed by atoms with Crippen LogP contribution in [0.2, 0.25) is 5.02 Å². The summed E-state index contributed by atoms with van der Waals surface area (Å²) in [7, 11) is -1.57. The van der Waals surface area contributed by atoms with Crippen LogP contribution >= 0.6 is 11.6 Å². The predicted molar refractivity (Wildman–Crippen MR) is 61.8 cm³/mol. The minimum atomic E-state index is -1.57. The summed E-state index contributed by atoms with van der Waals surface area (Å²) in [5.74, 6) is 0.349. The first-order valence-corrected chi connectivity index (χ1v) is 5.13. The number of aryl methyl sites for hydroxylation is 1. The van der Waals surface area contributed by atoms with Gasteiger partial charge in [0, 0.05) is 5.46 Å². The standard InChI is InChI=1S/C10H14BClO3/c1-6(2)15-10-8(11(13)14)5-4-7(3)9(10)12/h4-6,13-14H,1-3H3. The number of hydrogen-bond donors (Lipinski definition) is 2. The molecule has 0 bridgehead atoms. The van der Waals surface area contributed by atoms with Crippen molar-refractivity contribution in [2.75, 3.05) is 0 Å². The molecule has 0 saturated carbocycles. The zero-order valence-electron chi connectivity index (χ0n) is 8.99. The van der Waals surface area contributed by atoms with Crippen LogP contribution in [0.3, 0.4) is 0 Å². The highest BCUT2D eigenvalue weighted by Crippen LogP contribution is 2.26. The number of benzene rings is 1. The normalized spacial score (nSPS) is 10.6. The molecule has 0 unspecified atom stereocenters. The van der Waals surface area contributed by atoms with E-state index in [0.717, 1.165) is 5.56 Å². The van der Waals surface area contributed by atoms with E-state index < -0.39 is 7.12 Å². The van der Waals surface area contributed by atoms with Crippen molar-refractivity contribution in [3.63, 3.8) is 0 Å².